The van der Waals surface area contributed by atoms with Crippen molar-refractivity contribution in [2.75, 3.05) is 0 Å². The summed E-state index contributed by atoms with van der Waals surface area (Å²) in [7, 11) is 0. The number of rotatable bonds is 1. The number of aryl methyl sites for hydroxylation is 2. The Kier molecular flexibility index (Phi) is 2.92. The fourth-order valence-electron chi connectivity index (χ4n) is 1.91. The summed E-state index contributed by atoms with van der Waals surface area (Å²) >= 11 is 11.9. The van der Waals surface area contributed by atoms with Gasteiger partial charge in [-0.1, -0.05) is 17.7 Å². The van der Waals surface area contributed by atoms with E-state index in [0.29, 0.717) is 11.2 Å². The molecule has 0 bridgehead atoms. The Morgan fingerprint density at radius 2 is 1.84 bits per heavy atom. The maximum Gasteiger partial charge on any atom is 0.225 e. The smallest absolute Gasteiger partial charge is 0.225 e. The first-order chi connectivity index (χ1) is 9.06. The van der Waals surface area contributed by atoms with Crippen molar-refractivity contribution in [2.24, 2.45) is 0 Å². The zero-order valence-electron chi connectivity index (χ0n) is 10.4. The molecule has 2 heterocycles. The highest BCUT2D eigenvalue weighted by atomic mass is 35.5. The summed E-state index contributed by atoms with van der Waals surface area (Å²) < 4.78 is 1.85. The molecule has 3 aromatic rings. The molecule has 0 aliphatic carbocycles. The van der Waals surface area contributed by atoms with E-state index in [-0.39, 0.29) is 10.4 Å². The molecule has 96 valence electrons. The lowest BCUT2D eigenvalue weighted by Crippen LogP contribution is -1.96. The van der Waals surface area contributed by atoms with E-state index in [1.54, 1.807) is 6.33 Å². The van der Waals surface area contributed by atoms with Crippen LogP contribution in [0.4, 0.5) is 0 Å². The van der Waals surface area contributed by atoms with Gasteiger partial charge in [0.25, 0.3) is 0 Å². The van der Waals surface area contributed by atoms with Crippen LogP contribution in [0.3, 0.4) is 0 Å². The van der Waals surface area contributed by atoms with Gasteiger partial charge in [-0.05, 0) is 48.7 Å². The van der Waals surface area contributed by atoms with Gasteiger partial charge >= 0.3 is 0 Å². The standard InChI is InChI=1S/C13H10Cl2N4/c1-7-3-4-9(5-8(7)2)19-6-16-10-11(14)17-13(15)18-12(10)19/h3-6H,1-2H3. The van der Waals surface area contributed by atoms with Crippen molar-refractivity contribution in [3.8, 4) is 5.69 Å². The topological polar surface area (TPSA) is 43.6 Å². The minimum Gasteiger partial charge on any atom is -0.283 e. The van der Waals surface area contributed by atoms with E-state index in [4.69, 9.17) is 23.2 Å². The first-order valence-electron chi connectivity index (χ1n) is 5.70. The van der Waals surface area contributed by atoms with Gasteiger partial charge in [0.2, 0.25) is 5.28 Å². The molecule has 2 aromatic heterocycles. The number of fused-ring (bicyclic) bond motifs is 1. The summed E-state index contributed by atoms with van der Waals surface area (Å²) in [5, 5.41) is 0.376. The molecule has 0 unspecified atom stereocenters. The molecular weight excluding hydrogens is 283 g/mol. The average molecular weight is 293 g/mol. The second-order valence-corrected chi connectivity index (χ2v) is 5.03. The third-order valence-electron chi connectivity index (χ3n) is 3.09. The Morgan fingerprint density at radius 3 is 2.58 bits per heavy atom. The van der Waals surface area contributed by atoms with Crippen molar-refractivity contribution in [1.82, 2.24) is 19.5 Å². The van der Waals surface area contributed by atoms with Crippen LogP contribution in [-0.2, 0) is 0 Å². The van der Waals surface area contributed by atoms with Gasteiger partial charge in [0.15, 0.2) is 10.8 Å². The fraction of sp³-hybridized carbons (Fsp3) is 0.154. The van der Waals surface area contributed by atoms with Crippen molar-refractivity contribution in [3.63, 3.8) is 0 Å². The van der Waals surface area contributed by atoms with E-state index >= 15 is 0 Å². The Hall–Kier alpha value is -1.65. The number of hydrogen-bond donors (Lipinski definition) is 0. The van der Waals surface area contributed by atoms with E-state index in [2.05, 4.69) is 40.9 Å². The van der Waals surface area contributed by atoms with E-state index < -0.39 is 0 Å². The van der Waals surface area contributed by atoms with Crippen LogP contribution in [0.1, 0.15) is 11.1 Å². The van der Waals surface area contributed by atoms with Crippen molar-refractivity contribution in [3.05, 3.63) is 46.1 Å². The molecule has 4 nitrogen and oxygen atoms in total. The molecule has 0 aliphatic heterocycles. The Morgan fingerprint density at radius 1 is 1.05 bits per heavy atom. The van der Waals surface area contributed by atoms with Crippen LogP contribution in [0.2, 0.25) is 10.4 Å². The highest BCUT2D eigenvalue weighted by Gasteiger charge is 2.12. The van der Waals surface area contributed by atoms with Gasteiger partial charge in [-0.2, -0.15) is 4.98 Å². The minimum absolute atomic E-state index is 0.114. The summed E-state index contributed by atoms with van der Waals surface area (Å²) in [6, 6.07) is 6.13. The lowest BCUT2D eigenvalue weighted by Gasteiger charge is -2.07. The van der Waals surface area contributed by atoms with Crippen LogP contribution in [0, 0.1) is 13.8 Å². The van der Waals surface area contributed by atoms with Gasteiger partial charge in [0, 0.05) is 5.69 Å². The molecule has 0 fully saturated rings. The van der Waals surface area contributed by atoms with Crippen molar-refractivity contribution in [2.45, 2.75) is 13.8 Å². The summed E-state index contributed by atoms with van der Waals surface area (Å²) in [6.07, 6.45) is 1.67. The number of benzene rings is 1. The number of hydrogen-bond acceptors (Lipinski definition) is 3. The summed E-state index contributed by atoms with van der Waals surface area (Å²) in [4.78, 5) is 12.3. The Balaban J connectivity index is 2.28. The molecule has 0 saturated heterocycles. The first kappa shape index (κ1) is 12.4. The highest BCUT2D eigenvalue weighted by Crippen LogP contribution is 2.24. The lowest BCUT2D eigenvalue weighted by atomic mass is 10.1. The third-order valence-corrected chi connectivity index (χ3v) is 3.53. The molecular formula is C13H10Cl2N4. The second-order valence-electron chi connectivity index (χ2n) is 4.34. The van der Waals surface area contributed by atoms with Crippen LogP contribution < -0.4 is 0 Å². The molecule has 0 N–H and O–H groups in total. The quantitative estimate of drug-likeness (QED) is 0.507. The van der Waals surface area contributed by atoms with Crippen molar-refractivity contribution >= 4 is 34.4 Å². The van der Waals surface area contributed by atoms with Gasteiger partial charge in [-0.3, -0.25) is 4.57 Å². The predicted octanol–water partition coefficient (Wildman–Crippen LogP) is 3.74. The van der Waals surface area contributed by atoms with Crippen molar-refractivity contribution < 1.29 is 0 Å². The van der Waals surface area contributed by atoms with Gasteiger partial charge in [0.1, 0.15) is 11.8 Å². The molecule has 3 rings (SSSR count). The molecule has 0 atom stereocenters. The number of nitrogens with zero attached hydrogens (tertiary/aromatic N) is 4. The fourth-order valence-corrected chi connectivity index (χ4v) is 2.33. The normalized spacial score (nSPS) is 11.2. The van der Waals surface area contributed by atoms with Crippen molar-refractivity contribution in [1.29, 1.82) is 0 Å². The first-order valence-corrected chi connectivity index (χ1v) is 6.45. The highest BCUT2D eigenvalue weighted by molar-refractivity contribution is 6.35. The monoisotopic (exact) mass is 292 g/mol. The SMILES string of the molecule is Cc1ccc(-n2cnc3c(Cl)nc(Cl)nc32)cc1C. The summed E-state index contributed by atoms with van der Waals surface area (Å²) in [6.45, 7) is 4.13. The summed E-state index contributed by atoms with van der Waals surface area (Å²) in [5.74, 6) is 0. The van der Waals surface area contributed by atoms with E-state index in [9.17, 15) is 0 Å². The van der Waals surface area contributed by atoms with Gasteiger partial charge in [-0.15, -0.1) is 0 Å². The van der Waals surface area contributed by atoms with E-state index in [1.165, 1.54) is 11.1 Å². The van der Waals surface area contributed by atoms with Crippen LogP contribution in [-0.4, -0.2) is 19.5 Å². The molecule has 0 spiro atoms. The Labute approximate surface area is 120 Å². The molecule has 1 aromatic carbocycles. The van der Waals surface area contributed by atoms with Gasteiger partial charge in [0.05, 0.1) is 0 Å². The molecule has 0 saturated carbocycles. The number of imidazole rings is 1. The lowest BCUT2D eigenvalue weighted by molar-refractivity contribution is 1.05. The van der Waals surface area contributed by atoms with Crippen LogP contribution in [0.25, 0.3) is 16.9 Å². The number of aromatic nitrogens is 4. The van der Waals surface area contributed by atoms with Crippen LogP contribution in [0.5, 0.6) is 0 Å². The third kappa shape index (κ3) is 2.07. The molecule has 0 amide bonds. The van der Waals surface area contributed by atoms with Crippen LogP contribution >= 0.6 is 23.2 Å². The zero-order chi connectivity index (χ0) is 13.6. The molecule has 19 heavy (non-hydrogen) atoms. The maximum absolute atomic E-state index is 6.01. The van der Waals surface area contributed by atoms with E-state index in [1.807, 2.05) is 10.6 Å². The van der Waals surface area contributed by atoms with Gasteiger partial charge in [-0.25, -0.2) is 9.97 Å². The largest absolute Gasteiger partial charge is 0.283 e. The molecule has 6 heteroatoms. The van der Waals surface area contributed by atoms with Crippen LogP contribution in [0.15, 0.2) is 24.5 Å². The summed E-state index contributed by atoms with van der Waals surface area (Å²) in [5.41, 5.74) is 4.55. The average Bonchev–Trinajstić information content (AvgIpc) is 2.76. The van der Waals surface area contributed by atoms with Gasteiger partial charge < -0.3 is 0 Å². The molecule has 0 aliphatic rings. The maximum atomic E-state index is 6.01. The van der Waals surface area contributed by atoms with E-state index in [0.717, 1.165) is 5.69 Å². The second kappa shape index (κ2) is 4.47. The number of halogens is 2. The predicted molar refractivity (Wildman–Crippen MR) is 76.2 cm³/mol. The molecule has 0 radical (unpaired) electrons. The zero-order valence-corrected chi connectivity index (χ0v) is 11.9. The Bertz CT molecular complexity index is 780. The minimum atomic E-state index is 0.114.